The summed E-state index contributed by atoms with van der Waals surface area (Å²) in [6.07, 6.45) is 14.8. The number of nitrogens with zero attached hydrogens (tertiary/aromatic N) is 2. The third kappa shape index (κ3) is 5.05. The van der Waals surface area contributed by atoms with Gasteiger partial charge in [-0.25, -0.2) is 0 Å². The molecule has 8 heteroatoms. The first-order chi connectivity index (χ1) is 17.0. The Kier molecular flexibility index (Phi) is 8.65. The van der Waals surface area contributed by atoms with Crippen LogP contribution in [0.1, 0.15) is 64.7 Å². The van der Waals surface area contributed by atoms with Crippen LogP contribution >= 0.6 is 0 Å². The summed E-state index contributed by atoms with van der Waals surface area (Å²) in [7, 11) is 0. The molecule has 0 aromatic rings. The number of aliphatic hydroxyl groups is 1. The molecule has 0 saturated carbocycles. The Morgan fingerprint density at radius 3 is 2.63 bits per heavy atom. The first-order valence-corrected chi connectivity index (χ1v) is 13.4. The number of fused-ring (bicyclic) bond motifs is 2. The van der Waals surface area contributed by atoms with E-state index in [1.807, 2.05) is 29.2 Å². The number of cyclic esters (lactones) is 1. The molecule has 1 unspecified atom stereocenters. The summed E-state index contributed by atoms with van der Waals surface area (Å²) in [6.45, 7) is 4.15. The molecule has 1 spiro atoms. The van der Waals surface area contributed by atoms with Gasteiger partial charge in [0.25, 0.3) is 0 Å². The minimum Gasteiger partial charge on any atom is -0.465 e. The predicted octanol–water partition coefficient (Wildman–Crippen LogP) is 2.60. The molecule has 0 aromatic heterocycles. The second-order valence-corrected chi connectivity index (χ2v) is 10.1. The topological polar surface area (TPSA) is 96.4 Å². The van der Waals surface area contributed by atoms with Crippen LogP contribution in [0.3, 0.4) is 0 Å². The molecular formula is C27H40N2O6. The third-order valence-electron chi connectivity index (χ3n) is 7.77. The fourth-order valence-electron chi connectivity index (χ4n) is 6.04. The summed E-state index contributed by atoms with van der Waals surface area (Å²) in [6, 6.07) is -0.783. The predicted molar refractivity (Wildman–Crippen MR) is 130 cm³/mol. The zero-order valence-corrected chi connectivity index (χ0v) is 20.9. The third-order valence-corrected chi connectivity index (χ3v) is 7.77. The van der Waals surface area contributed by atoms with Crippen molar-refractivity contribution in [2.75, 3.05) is 32.8 Å². The van der Waals surface area contributed by atoms with Crippen LogP contribution in [-0.2, 0) is 23.9 Å². The number of hydrogen-bond acceptors (Lipinski definition) is 6. The maximum atomic E-state index is 14.0. The van der Waals surface area contributed by atoms with Crippen molar-refractivity contribution in [3.05, 3.63) is 24.3 Å². The number of rotatable bonds is 10. The van der Waals surface area contributed by atoms with E-state index in [0.717, 1.165) is 57.8 Å². The lowest BCUT2D eigenvalue weighted by Crippen LogP contribution is -2.55. The lowest BCUT2D eigenvalue weighted by Gasteiger charge is -2.35. The number of aliphatic hydroxyl groups excluding tert-OH is 1. The molecule has 0 bridgehead atoms. The Bertz CT molecular complexity index is 842. The SMILES string of the molecule is CCCCCN1CC=C[C@]23O[C@H]4/C=C\CCCOC(=O)[C@H]4[C@H]2C(=O)N(CCCCCCO)C3C1=O. The highest BCUT2D eigenvalue weighted by molar-refractivity contribution is 5.99. The van der Waals surface area contributed by atoms with Crippen LogP contribution in [-0.4, -0.2) is 83.3 Å². The number of likely N-dealkylation sites (tertiary alicyclic amines) is 1. The number of amides is 2. The molecule has 0 aliphatic carbocycles. The number of unbranched alkanes of at least 4 members (excludes halogenated alkanes) is 5. The highest BCUT2D eigenvalue weighted by Gasteiger charge is 2.71. The van der Waals surface area contributed by atoms with Crippen molar-refractivity contribution in [3.8, 4) is 0 Å². The molecule has 4 aliphatic rings. The molecular weight excluding hydrogens is 448 g/mol. The molecule has 194 valence electrons. The van der Waals surface area contributed by atoms with Crippen LogP contribution in [0.2, 0.25) is 0 Å². The van der Waals surface area contributed by atoms with Gasteiger partial charge in [-0.3, -0.25) is 14.4 Å². The lowest BCUT2D eigenvalue weighted by molar-refractivity contribution is -0.154. The number of esters is 1. The molecule has 5 atom stereocenters. The minimum atomic E-state index is -1.17. The van der Waals surface area contributed by atoms with Gasteiger partial charge in [-0.2, -0.15) is 0 Å². The van der Waals surface area contributed by atoms with Gasteiger partial charge in [0, 0.05) is 26.2 Å². The number of ether oxygens (including phenoxy) is 2. The molecule has 4 aliphatic heterocycles. The van der Waals surface area contributed by atoms with E-state index in [9.17, 15) is 14.4 Å². The fraction of sp³-hybridized carbons (Fsp3) is 0.741. The van der Waals surface area contributed by atoms with E-state index in [1.165, 1.54) is 0 Å². The summed E-state index contributed by atoms with van der Waals surface area (Å²) < 4.78 is 12.1. The molecule has 1 N–H and O–H groups in total. The summed E-state index contributed by atoms with van der Waals surface area (Å²) in [5, 5.41) is 9.08. The normalized spacial score (nSPS) is 33.4. The summed E-state index contributed by atoms with van der Waals surface area (Å²) >= 11 is 0. The van der Waals surface area contributed by atoms with Crippen LogP contribution in [0.15, 0.2) is 24.3 Å². The van der Waals surface area contributed by atoms with E-state index in [1.54, 1.807) is 4.90 Å². The van der Waals surface area contributed by atoms with Gasteiger partial charge in [-0.1, -0.05) is 56.9 Å². The maximum Gasteiger partial charge on any atom is 0.312 e. The molecule has 0 aromatic carbocycles. The van der Waals surface area contributed by atoms with Gasteiger partial charge in [0.1, 0.15) is 17.6 Å². The summed E-state index contributed by atoms with van der Waals surface area (Å²) in [5.41, 5.74) is -1.17. The zero-order valence-electron chi connectivity index (χ0n) is 20.9. The number of allylic oxidation sites excluding steroid dienone is 1. The maximum absolute atomic E-state index is 14.0. The van der Waals surface area contributed by atoms with Gasteiger partial charge in [0.2, 0.25) is 11.8 Å². The summed E-state index contributed by atoms with van der Waals surface area (Å²) in [5.74, 6) is -2.24. The first-order valence-electron chi connectivity index (χ1n) is 13.4. The number of carbonyl (C=O) groups is 3. The van der Waals surface area contributed by atoms with Crippen molar-refractivity contribution in [2.24, 2.45) is 11.8 Å². The molecule has 2 amide bonds. The van der Waals surface area contributed by atoms with E-state index >= 15 is 0 Å². The fourth-order valence-corrected chi connectivity index (χ4v) is 6.04. The molecule has 4 rings (SSSR count). The Hall–Kier alpha value is -2.19. The highest BCUT2D eigenvalue weighted by Crippen LogP contribution is 2.53. The van der Waals surface area contributed by atoms with E-state index in [2.05, 4.69) is 6.92 Å². The molecule has 0 radical (unpaired) electrons. The van der Waals surface area contributed by atoms with Crippen LogP contribution in [0.25, 0.3) is 0 Å². The van der Waals surface area contributed by atoms with Crippen molar-refractivity contribution in [1.82, 2.24) is 9.80 Å². The Morgan fingerprint density at radius 1 is 1.03 bits per heavy atom. The van der Waals surface area contributed by atoms with E-state index < -0.39 is 35.6 Å². The van der Waals surface area contributed by atoms with Gasteiger partial charge in [-0.15, -0.1) is 0 Å². The standard InChI is InChI=1S/C27H40N2O6/c1-2-3-8-15-28-16-12-14-27-22(21-20(35-27)13-7-6-11-19-34-26(21)33)24(31)29(23(27)25(28)32)17-9-4-5-10-18-30/h7,12-14,20-23,30H,2-6,8-11,15-19H2,1H3/b13-7-/t20-,21+,22-,23?,27-/m0/s1. The average Bonchev–Trinajstić information content (AvgIpc) is 3.25. The largest absolute Gasteiger partial charge is 0.465 e. The second-order valence-electron chi connectivity index (χ2n) is 10.1. The first kappa shape index (κ1) is 25.9. The van der Waals surface area contributed by atoms with Crippen LogP contribution in [0, 0.1) is 11.8 Å². The van der Waals surface area contributed by atoms with Gasteiger partial charge in [0.15, 0.2) is 0 Å². The molecule has 4 heterocycles. The monoisotopic (exact) mass is 488 g/mol. The quantitative estimate of drug-likeness (QED) is 0.289. The van der Waals surface area contributed by atoms with E-state index in [4.69, 9.17) is 14.6 Å². The minimum absolute atomic E-state index is 0.0962. The Morgan fingerprint density at radius 2 is 1.83 bits per heavy atom. The molecule has 2 fully saturated rings. The van der Waals surface area contributed by atoms with Gasteiger partial charge < -0.3 is 24.4 Å². The molecule has 2 saturated heterocycles. The van der Waals surface area contributed by atoms with Crippen molar-refractivity contribution < 1.29 is 29.0 Å². The van der Waals surface area contributed by atoms with Crippen molar-refractivity contribution >= 4 is 17.8 Å². The summed E-state index contributed by atoms with van der Waals surface area (Å²) in [4.78, 5) is 44.6. The van der Waals surface area contributed by atoms with Crippen molar-refractivity contribution in [1.29, 1.82) is 0 Å². The van der Waals surface area contributed by atoms with Gasteiger partial charge in [0.05, 0.1) is 18.6 Å². The van der Waals surface area contributed by atoms with Crippen molar-refractivity contribution in [2.45, 2.75) is 82.5 Å². The lowest BCUT2D eigenvalue weighted by atomic mass is 9.78. The number of carbonyl (C=O) groups excluding carboxylic acids is 3. The van der Waals surface area contributed by atoms with E-state index in [-0.39, 0.29) is 18.4 Å². The van der Waals surface area contributed by atoms with Crippen LogP contribution in [0.5, 0.6) is 0 Å². The van der Waals surface area contributed by atoms with Crippen LogP contribution < -0.4 is 0 Å². The van der Waals surface area contributed by atoms with Crippen LogP contribution in [0.4, 0.5) is 0 Å². The second kappa shape index (κ2) is 11.7. The Balaban J connectivity index is 1.66. The molecule has 35 heavy (non-hydrogen) atoms. The van der Waals surface area contributed by atoms with Gasteiger partial charge >= 0.3 is 5.97 Å². The van der Waals surface area contributed by atoms with E-state index in [0.29, 0.717) is 26.2 Å². The smallest absolute Gasteiger partial charge is 0.312 e. The Labute approximate surface area is 208 Å². The van der Waals surface area contributed by atoms with Crippen molar-refractivity contribution in [3.63, 3.8) is 0 Å². The number of hydrogen-bond donors (Lipinski definition) is 1. The highest BCUT2D eigenvalue weighted by atomic mass is 16.6. The zero-order chi connectivity index (χ0) is 24.8. The average molecular weight is 489 g/mol. The van der Waals surface area contributed by atoms with Gasteiger partial charge in [-0.05, 0) is 32.1 Å². The molecule has 8 nitrogen and oxygen atoms in total.